The molecule has 0 fully saturated rings. The fraction of sp³-hybridized carbons (Fsp3) is 0.154. The molecule has 1 aromatic carbocycles. The van der Waals surface area contributed by atoms with Crippen LogP contribution in [-0.2, 0) is 10.7 Å². The van der Waals surface area contributed by atoms with Gasteiger partial charge in [0.1, 0.15) is 0 Å². The average Bonchev–Trinajstić information content (AvgIpc) is 2.39. The molecule has 1 heterocycles. The number of hydrogen-bond donors (Lipinski definition) is 0. The molecule has 0 bridgehead atoms. The van der Waals surface area contributed by atoms with Crippen LogP contribution in [0.4, 0.5) is 0 Å². The molecule has 1 aromatic heterocycles. The van der Waals surface area contributed by atoms with Crippen LogP contribution in [0.5, 0.6) is 0 Å². The first-order chi connectivity index (χ1) is 7.83. The molecule has 0 aliphatic carbocycles. The van der Waals surface area contributed by atoms with Crippen molar-refractivity contribution >= 4 is 31.9 Å². The molecule has 0 saturated carbocycles. The lowest BCUT2D eigenvalue weighted by Crippen LogP contribution is -1.88. The highest BCUT2D eigenvalue weighted by Crippen LogP contribution is 2.22. The monoisotopic (exact) mass is 339 g/mol. The van der Waals surface area contributed by atoms with E-state index in [0.29, 0.717) is 0 Å². The Balaban J connectivity index is 2.48. The van der Waals surface area contributed by atoms with Crippen molar-refractivity contribution in [2.45, 2.75) is 10.7 Å². The zero-order valence-electron chi connectivity index (χ0n) is 8.66. The molecule has 0 radical (unpaired) electrons. The minimum atomic E-state index is 0.869. The first-order valence-corrected chi connectivity index (χ1v) is 7.24. The van der Waals surface area contributed by atoms with Crippen molar-refractivity contribution in [2.75, 3.05) is 0 Å². The van der Waals surface area contributed by atoms with Crippen LogP contribution in [0.2, 0.25) is 0 Å². The number of halogens is 2. The number of benzene rings is 1. The van der Waals surface area contributed by atoms with E-state index in [2.05, 4.69) is 55.0 Å². The lowest BCUT2D eigenvalue weighted by atomic mass is 10.0. The third-order valence-electron chi connectivity index (χ3n) is 2.32. The van der Waals surface area contributed by atoms with E-state index in [-0.39, 0.29) is 0 Å². The van der Waals surface area contributed by atoms with E-state index in [1.165, 1.54) is 16.7 Å². The van der Waals surface area contributed by atoms with Gasteiger partial charge >= 0.3 is 0 Å². The molecule has 0 aliphatic heterocycles. The van der Waals surface area contributed by atoms with E-state index < -0.39 is 0 Å². The van der Waals surface area contributed by atoms with Gasteiger partial charge < -0.3 is 0 Å². The molecule has 0 unspecified atom stereocenters. The molecule has 0 N–H and O–H groups in total. The van der Waals surface area contributed by atoms with Crippen molar-refractivity contribution in [3.05, 3.63) is 53.7 Å². The quantitative estimate of drug-likeness (QED) is 0.747. The maximum absolute atomic E-state index is 4.37. The Bertz CT molecular complexity index is 446. The molecule has 82 valence electrons. The average molecular weight is 341 g/mol. The first kappa shape index (κ1) is 11.8. The van der Waals surface area contributed by atoms with Gasteiger partial charge in [0.25, 0.3) is 0 Å². The highest BCUT2D eigenvalue weighted by Gasteiger charge is 2.02. The summed E-state index contributed by atoms with van der Waals surface area (Å²) in [6, 6.07) is 12.5. The van der Waals surface area contributed by atoms with E-state index in [0.717, 1.165) is 16.4 Å². The zero-order valence-corrected chi connectivity index (χ0v) is 11.8. The van der Waals surface area contributed by atoms with Crippen molar-refractivity contribution in [3.63, 3.8) is 0 Å². The topological polar surface area (TPSA) is 12.9 Å². The summed E-state index contributed by atoms with van der Waals surface area (Å²) >= 11 is 6.98. The van der Waals surface area contributed by atoms with Crippen LogP contribution < -0.4 is 0 Å². The lowest BCUT2D eigenvalue weighted by molar-refractivity contribution is 1.29. The summed E-state index contributed by atoms with van der Waals surface area (Å²) in [4.78, 5) is 4.37. The van der Waals surface area contributed by atoms with Crippen LogP contribution in [-0.4, -0.2) is 4.98 Å². The second-order valence-corrected chi connectivity index (χ2v) is 4.64. The van der Waals surface area contributed by atoms with Gasteiger partial charge in [-0.15, -0.1) is 0 Å². The fourth-order valence-corrected chi connectivity index (χ4v) is 2.25. The molecule has 2 rings (SSSR count). The van der Waals surface area contributed by atoms with Crippen LogP contribution in [0.1, 0.15) is 11.1 Å². The van der Waals surface area contributed by atoms with E-state index in [4.69, 9.17) is 0 Å². The van der Waals surface area contributed by atoms with Gasteiger partial charge in [0, 0.05) is 22.4 Å². The standard InChI is InChI=1S/C13H11Br2N/c14-8-10-5-11(9-15)7-12(6-10)13-3-1-2-4-16-13/h1-7H,8-9H2. The molecule has 0 amide bonds. The van der Waals surface area contributed by atoms with Crippen LogP contribution in [0.3, 0.4) is 0 Å². The van der Waals surface area contributed by atoms with Crippen LogP contribution in [0, 0.1) is 0 Å². The van der Waals surface area contributed by atoms with Gasteiger partial charge in [0.2, 0.25) is 0 Å². The van der Waals surface area contributed by atoms with Crippen molar-refractivity contribution < 1.29 is 0 Å². The van der Waals surface area contributed by atoms with Crippen LogP contribution in [0.25, 0.3) is 11.3 Å². The minimum absolute atomic E-state index is 0.869. The Morgan fingerprint density at radius 3 is 2.12 bits per heavy atom. The molecule has 0 saturated heterocycles. The fourth-order valence-electron chi connectivity index (χ4n) is 1.60. The Morgan fingerprint density at radius 2 is 1.62 bits per heavy atom. The highest BCUT2D eigenvalue weighted by molar-refractivity contribution is 9.08. The maximum Gasteiger partial charge on any atom is 0.0702 e. The summed E-state index contributed by atoms with van der Waals surface area (Å²) in [5, 5.41) is 1.74. The van der Waals surface area contributed by atoms with Gasteiger partial charge in [-0.05, 0) is 35.4 Å². The number of rotatable bonds is 3. The number of nitrogens with zero attached hydrogens (tertiary/aromatic N) is 1. The zero-order chi connectivity index (χ0) is 11.4. The molecule has 16 heavy (non-hydrogen) atoms. The second-order valence-electron chi connectivity index (χ2n) is 3.52. The van der Waals surface area contributed by atoms with Crippen molar-refractivity contribution in [2.24, 2.45) is 0 Å². The van der Waals surface area contributed by atoms with Gasteiger partial charge in [-0.3, -0.25) is 4.98 Å². The van der Waals surface area contributed by atoms with Gasteiger partial charge in [-0.1, -0.05) is 44.0 Å². The largest absolute Gasteiger partial charge is 0.256 e. The molecule has 2 aromatic rings. The summed E-state index contributed by atoms with van der Waals surface area (Å²) < 4.78 is 0. The Morgan fingerprint density at radius 1 is 0.938 bits per heavy atom. The van der Waals surface area contributed by atoms with Crippen LogP contribution >= 0.6 is 31.9 Å². The number of alkyl halides is 2. The summed E-state index contributed by atoms with van der Waals surface area (Å²) in [7, 11) is 0. The summed E-state index contributed by atoms with van der Waals surface area (Å²) in [6.07, 6.45) is 1.82. The highest BCUT2D eigenvalue weighted by atomic mass is 79.9. The number of pyridine rings is 1. The van der Waals surface area contributed by atoms with Gasteiger partial charge in [-0.2, -0.15) is 0 Å². The second kappa shape index (κ2) is 5.60. The molecule has 3 heteroatoms. The van der Waals surface area contributed by atoms with Gasteiger partial charge in [-0.25, -0.2) is 0 Å². The van der Waals surface area contributed by atoms with Crippen molar-refractivity contribution in [1.29, 1.82) is 0 Å². The minimum Gasteiger partial charge on any atom is -0.256 e. The predicted molar refractivity (Wildman–Crippen MR) is 74.9 cm³/mol. The summed E-state index contributed by atoms with van der Waals surface area (Å²) in [5.74, 6) is 0. The Hall–Kier alpha value is -0.670. The third-order valence-corrected chi connectivity index (χ3v) is 3.62. The first-order valence-electron chi connectivity index (χ1n) is 4.99. The van der Waals surface area contributed by atoms with E-state index in [1.807, 2.05) is 24.4 Å². The van der Waals surface area contributed by atoms with E-state index in [1.54, 1.807) is 0 Å². The smallest absolute Gasteiger partial charge is 0.0702 e. The maximum atomic E-state index is 4.37. The SMILES string of the molecule is BrCc1cc(CBr)cc(-c2ccccn2)c1. The number of hydrogen-bond acceptors (Lipinski definition) is 1. The Labute approximate surface area is 112 Å². The predicted octanol–water partition coefficient (Wildman–Crippen LogP) is 4.54. The molecule has 0 aliphatic rings. The van der Waals surface area contributed by atoms with Crippen molar-refractivity contribution in [3.8, 4) is 11.3 Å². The Kier molecular flexibility index (Phi) is 4.13. The molecule has 0 atom stereocenters. The van der Waals surface area contributed by atoms with Crippen LogP contribution in [0.15, 0.2) is 42.6 Å². The number of aromatic nitrogens is 1. The van der Waals surface area contributed by atoms with E-state index in [9.17, 15) is 0 Å². The molecular formula is C13H11Br2N. The van der Waals surface area contributed by atoms with Gasteiger partial charge in [0.05, 0.1) is 5.69 Å². The molecule has 1 nitrogen and oxygen atoms in total. The van der Waals surface area contributed by atoms with E-state index >= 15 is 0 Å². The van der Waals surface area contributed by atoms with Crippen molar-refractivity contribution in [1.82, 2.24) is 4.98 Å². The lowest BCUT2D eigenvalue weighted by Gasteiger charge is -2.06. The third kappa shape index (κ3) is 2.71. The summed E-state index contributed by atoms with van der Waals surface area (Å²) in [5.41, 5.74) is 4.75. The molecule has 0 spiro atoms. The van der Waals surface area contributed by atoms with Gasteiger partial charge in [0.15, 0.2) is 0 Å². The molecular weight excluding hydrogens is 330 g/mol. The summed E-state index contributed by atoms with van der Waals surface area (Å²) in [6.45, 7) is 0. The normalized spacial score (nSPS) is 10.4.